The number of nitrogens with one attached hydrogen (secondary N) is 1. The summed E-state index contributed by atoms with van der Waals surface area (Å²) in [5, 5.41) is 11.1. The Hall–Kier alpha value is -2.70. The third kappa shape index (κ3) is 3.26. The lowest BCUT2D eigenvalue weighted by atomic mass is 10.2. The minimum absolute atomic E-state index is 0.0183. The maximum Gasteiger partial charge on any atom is 0.297 e. The van der Waals surface area contributed by atoms with Crippen LogP contribution in [0, 0.1) is 0 Å². The smallest absolute Gasteiger partial charge is 0.297 e. The zero-order valence-corrected chi connectivity index (χ0v) is 14.7. The van der Waals surface area contributed by atoms with Crippen molar-refractivity contribution in [1.82, 2.24) is 24.5 Å². The fourth-order valence-corrected chi connectivity index (χ4v) is 2.97. The average molecular weight is 341 g/mol. The van der Waals surface area contributed by atoms with E-state index in [1.165, 1.54) is 4.57 Å². The standard InChI is InChI=1S/C18H23N5O2/c1-3-5-11-19-16(24)12-22-13-9-6-7-10-14(13)23-15(8-4-2)20-21-17(23)18(22)25/h6-7,9-10H,3-5,8,11-12H2,1-2H3,(H,19,24). The second-order valence-corrected chi connectivity index (χ2v) is 6.11. The summed E-state index contributed by atoms with van der Waals surface area (Å²) in [6.07, 6.45) is 3.59. The molecule has 0 aliphatic heterocycles. The normalized spacial score (nSPS) is 11.3. The lowest BCUT2D eigenvalue weighted by molar-refractivity contribution is -0.121. The fourth-order valence-electron chi connectivity index (χ4n) is 2.97. The fraction of sp³-hybridized carbons (Fsp3) is 0.444. The SMILES string of the molecule is CCCCNC(=O)Cn1c(=O)c2nnc(CCC)n2c2ccccc21. The number of carbonyl (C=O) groups is 1. The first kappa shape index (κ1) is 17.1. The van der Waals surface area contributed by atoms with Crippen LogP contribution in [-0.2, 0) is 17.8 Å². The minimum atomic E-state index is -0.292. The first-order valence-corrected chi connectivity index (χ1v) is 8.79. The van der Waals surface area contributed by atoms with Gasteiger partial charge in [0.1, 0.15) is 12.4 Å². The predicted octanol–water partition coefficient (Wildman–Crippen LogP) is 1.91. The van der Waals surface area contributed by atoms with Gasteiger partial charge in [-0.2, -0.15) is 0 Å². The van der Waals surface area contributed by atoms with Gasteiger partial charge in [0, 0.05) is 13.0 Å². The van der Waals surface area contributed by atoms with Crippen molar-refractivity contribution >= 4 is 22.6 Å². The molecule has 0 saturated heterocycles. The van der Waals surface area contributed by atoms with E-state index in [9.17, 15) is 9.59 Å². The van der Waals surface area contributed by atoms with Crippen LogP contribution in [0.4, 0.5) is 0 Å². The van der Waals surface area contributed by atoms with E-state index in [2.05, 4.69) is 29.4 Å². The number of aromatic nitrogens is 4. The molecule has 7 nitrogen and oxygen atoms in total. The number of unbranched alkanes of at least 4 members (excludes halogenated alkanes) is 1. The van der Waals surface area contributed by atoms with Gasteiger partial charge in [-0.25, -0.2) is 0 Å². The lowest BCUT2D eigenvalue weighted by Crippen LogP contribution is -2.33. The van der Waals surface area contributed by atoms with Gasteiger partial charge in [0.2, 0.25) is 11.6 Å². The molecule has 1 amide bonds. The topological polar surface area (TPSA) is 81.3 Å². The van der Waals surface area contributed by atoms with Gasteiger partial charge >= 0.3 is 0 Å². The number of para-hydroxylation sites is 2. The van der Waals surface area contributed by atoms with Gasteiger partial charge in [0.15, 0.2) is 0 Å². The molecular formula is C18H23N5O2. The van der Waals surface area contributed by atoms with Gasteiger partial charge in [-0.3, -0.25) is 18.6 Å². The molecule has 0 atom stereocenters. The molecule has 0 aliphatic rings. The van der Waals surface area contributed by atoms with E-state index < -0.39 is 0 Å². The number of amides is 1. The Morgan fingerprint density at radius 1 is 1.12 bits per heavy atom. The van der Waals surface area contributed by atoms with E-state index in [1.54, 1.807) is 0 Å². The number of rotatable bonds is 7. The van der Waals surface area contributed by atoms with E-state index in [4.69, 9.17) is 0 Å². The van der Waals surface area contributed by atoms with Gasteiger partial charge < -0.3 is 5.32 Å². The third-order valence-corrected chi connectivity index (χ3v) is 4.21. The first-order chi connectivity index (χ1) is 12.2. The number of hydrogen-bond acceptors (Lipinski definition) is 4. The molecule has 132 valence electrons. The summed E-state index contributed by atoms with van der Waals surface area (Å²) >= 11 is 0. The summed E-state index contributed by atoms with van der Waals surface area (Å²) in [5.74, 6) is 0.601. The summed E-state index contributed by atoms with van der Waals surface area (Å²) in [7, 11) is 0. The Morgan fingerprint density at radius 2 is 1.88 bits per heavy atom. The number of hydrogen-bond donors (Lipinski definition) is 1. The number of fused-ring (bicyclic) bond motifs is 3. The Labute approximate surface area is 145 Å². The highest BCUT2D eigenvalue weighted by Gasteiger charge is 2.17. The molecule has 0 spiro atoms. The molecule has 0 bridgehead atoms. The van der Waals surface area contributed by atoms with Crippen molar-refractivity contribution < 1.29 is 4.79 Å². The van der Waals surface area contributed by atoms with Gasteiger partial charge in [0.25, 0.3) is 5.56 Å². The van der Waals surface area contributed by atoms with Crippen LogP contribution in [0.1, 0.15) is 38.9 Å². The maximum absolute atomic E-state index is 12.9. The molecule has 0 aliphatic carbocycles. The Bertz CT molecular complexity index is 957. The molecule has 3 rings (SSSR count). The molecule has 7 heteroatoms. The first-order valence-electron chi connectivity index (χ1n) is 8.79. The second kappa shape index (κ2) is 7.46. The molecular weight excluding hydrogens is 318 g/mol. The number of carbonyl (C=O) groups excluding carboxylic acids is 1. The summed E-state index contributed by atoms with van der Waals surface area (Å²) in [6, 6.07) is 7.55. The van der Waals surface area contributed by atoms with Gasteiger partial charge in [0.05, 0.1) is 11.0 Å². The zero-order valence-electron chi connectivity index (χ0n) is 14.7. The average Bonchev–Trinajstić information content (AvgIpc) is 3.03. The van der Waals surface area contributed by atoms with E-state index in [0.29, 0.717) is 12.1 Å². The Kier molecular flexibility index (Phi) is 5.11. The third-order valence-electron chi connectivity index (χ3n) is 4.21. The highest BCUT2D eigenvalue weighted by molar-refractivity contribution is 5.82. The number of nitrogens with zero attached hydrogens (tertiary/aromatic N) is 4. The molecule has 2 aromatic heterocycles. The van der Waals surface area contributed by atoms with Crippen LogP contribution in [0.5, 0.6) is 0 Å². The molecule has 25 heavy (non-hydrogen) atoms. The van der Waals surface area contributed by atoms with Crippen LogP contribution < -0.4 is 10.9 Å². The maximum atomic E-state index is 12.9. The Balaban J connectivity index is 2.10. The number of benzene rings is 1. The molecule has 2 heterocycles. The van der Waals surface area contributed by atoms with Crippen molar-refractivity contribution in [2.45, 2.75) is 46.1 Å². The minimum Gasteiger partial charge on any atom is -0.355 e. The van der Waals surface area contributed by atoms with E-state index in [1.807, 2.05) is 28.7 Å². The van der Waals surface area contributed by atoms with Gasteiger partial charge in [-0.1, -0.05) is 32.4 Å². The highest BCUT2D eigenvalue weighted by Crippen LogP contribution is 2.16. The molecule has 0 saturated carbocycles. The number of aryl methyl sites for hydroxylation is 1. The molecule has 3 aromatic rings. The quantitative estimate of drug-likeness (QED) is 0.666. The van der Waals surface area contributed by atoms with E-state index in [0.717, 1.165) is 37.0 Å². The Morgan fingerprint density at radius 3 is 2.60 bits per heavy atom. The molecule has 1 aromatic carbocycles. The van der Waals surface area contributed by atoms with Gasteiger partial charge in [-0.15, -0.1) is 10.2 Å². The van der Waals surface area contributed by atoms with Crippen molar-refractivity contribution in [2.75, 3.05) is 6.54 Å². The van der Waals surface area contributed by atoms with E-state index >= 15 is 0 Å². The summed E-state index contributed by atoms with van der Waals surface area (Å²) < 4.78 is 3.29. The molecule has 1 N–H and O–H groups in total. The molecule has 0 unspecified atom stereocenters. The summed E-state index contributed by atoms with van der Waals surface area (Å²) in [6.45, 7) is 4.73. The van der Waals surface area contributed by atoms with Gasteiger partial charge in [-0.05, 0) is 25.0 Å². The van der Waals surface area contributed by atoms with Crippen molar-refractivity contribution in [1.29, 1.82) is 0 Å². The molecule has 0 radical (unpaired) electrons. The van der Waals surface area contributed by atoms with Crippen LogP contribution in [0.2, 0.25) is 0 Å². The largest absolute Gasteiger partial charge is 0.355 e. The van der Waals surface area contributed by atoms with Crippen molar-refractivity contribution in [2.24, 2.45) is 0 Å². The predicted molar refractivity (Wildman–Crippen MR) is 96.7 cm³/mol. The molecule has 0 fully saturated rings. The van der Waals surface area contributed by atoms with Crippen molar-refractivity contribution in [3.63, 3.8) is 0 Å². The zero-order chi connectivity index (χ0) is 17.8. The van der Waals surface area contributed by atoms with Crippen LogP contribution >= 0.6 is 0 Å². The summed E-state index contributed by atoms with van der Waals surface area (Å²) in [5.41, 5.74) is 1.53. The summed E-state index contributed by atoms with van der Waals surface area (Å²) in [4.78, 5) is 25.1. The van der Waals surface area contributed by atoms with Crippen LogP contribution in [0.3, 0.4) is 0 Å². The lowest BCUT2D eigenvalue weighted by Gasteiger charge is -2.12. The monoisotopic (exact) mass is 341 g/mol. The van der Waals surface area contributed by atoms with Crippen LogP contribution in [0.15, 0.2) is 29.1 Å². The highest BCUT2D eigenvalue weighted by atomic mass is 16.2. The second-order valence-electron chi connectivity index (χ2n) is 6.11. The van der Waals surface area contributed by atoms with E-state index in [-0.39, 0.29) is 23.7 Å². The van der Waals surface area contributed by atoms with Crippen LogP contribution in [0.25, 0.3) is 16.7 Å². The van der Waals surface area contributed by atoms with Crippen LogP contribution in [-0.4, -0.2) is 31.6 Å². The van der Waals surface area contributed by atoms with Crippen molar-refractivity contribution in [3.05, 3.63) is 40.4 Å². The van der Waals surface area contributed by atoms with Crippen molar-refractivity contribution in [3.8, 4) is 0 Å².